The zero-order valence-electron chi connectivity index (χ0n) is 12.9. The third kappa shape index (κ3) is 2.70. The van der Waals surface area contributed by atoms with Gasteiger partial charge in [0.15, 0.2) is 11.6 Å². The number of aromatic amines is 1. The molecule has 2 aromatic carbocycles. The average Bonchev–Trinajstić information content (AvgIpc) is 3.00. The molecule has 0 aliphatic rings. The van der Waals surface area contributed by atoms with Crippen molar-refractivity contribution in [1.29, 1.82) is 0 Å². The smallest absolute Gasteiger partial charge is 0.163 e. The molecule has 0 unspecified atom stereocenters. The lowest BCUT2D eigenvalue weighted by Crippen LogP contribution is -1.99. The van der Waals surface area contributed by atoms with Gasteiger partial charge in [-0.25, -0.2) is 9.97 Å². The average molecular weight is 336 g/mol. The van der Waals surface area contributed by atoms with E-state index in [-0.39, 0.29) is 0 Å². The summed E-state index contributed by atoms with van der Waals surface area (Å²) in [5.74, 6) is 1.98. The summed E-state index contributed by atoms with van der Waals surface area (Å²) in [6, 6.07) is 17.3. The van der Waals surface area contributed by atoms with E-state index in [0.29, 0.717) is 22.5 Å². The first-order valence-corrected chi connectivity index (χ1v) is 7.89. The lowest BCUT2D eigenvalue weighted by molar-refractivity contribution is 1.05. The predicted octanol–water partition coefficient (Wildman–Crippen LogP) is 4.73. The SMILES string of the molecule is Cc1cc(Nc2nc(-c3ccccc3Cl)nc3ccccc23)n[nH]1. The van der Waals surface area contributed by atoms with Crippen molar-refractivity contribution < 1.29 is 0 Å². The number of aromatic nitrogens is 4. The van der Waals surface area contributed by atoms with Crippen LogP contribution >= 0.6 is 11.6 Å². The van der Waals surface area contributed by atoms with E-state index in [1.807, 2.05) is 61.5 Å². The summed E-state index contributed by atoms with van der Waals surface area (Å²) in [5.41, 5.74) is 2.62. The first-order valence-electron chi connectivity index (χ1n) is 7.51. The number of nitrogens with zero attached hydrogens (tertiary/aromatic N) is 3. The molecule has 4 aromatic rings. The Morgan fingerprint density at radius 1 is 1.00 bits per heavy atom. The second-order valence-corrected chi connectivity index (χ2v) is 5.86. The van der Waals surface area contributed by atoms with Gasteiger partial charge in [-0.1, -0.05) is 35.9 Å². The highest BCUT2D eigenvalue weighted by Gasteiger charge is 2.12. The molecule has 6 heteroatoms. The topological polar surface area (TPSA) is 66.5 Å². The zero-order valence-corrected chi connectivity index (χ0v) is 13.7. The van der Waals surface area contributed by atoms with Gasteiger partial charge in [0.05, 0.1) is 10.5 Å². The fourth-order valence-electron chi connectivity index (χ4n) is 2.54. The Hall–Kier alpha value is -2.92. The van der Waals surface area contributed by atoms with Crippen LogP contribution in [0.5, 0.6) is 0 Å². The Bertz CT molecular complexity index is 1020. The highest BCUT2D eigenvalue weighted by molar-refractivity contribution is 6.33. The third-order valence-electron chi connectivity index (χ3n) is 3.67. The van der Waals surface area contributed by atoms with Crippen LogP contribution in [-0.2, 0) is 0 Å². The van der Waals surface area contributed by atoms with Gasteiger partial charge >= 0.3 is 0 Å². The quantitative estimate of drug-likeness (QED) is 0.568. The molecule has 0 amide bonds. The van der Waals surface area contributed by atoms with Crippen molar-refractivity contribution in [2.45, 2.75) is 6.92 Å². The molecule has 0 saturated carbocycles. The maximum atomic E-state index is 6.31. The number of hydrogen-bond donors (Lipinski definition) is 2. The Balaban J connectivity index is 1.89. The number of hydrogen-bond acceptors (Lipinski definition) is 4. The maximum Gasteiger partial charge on any atom is 0.163 e. The molecule has 0 fully saturated rings. The number of H-pyrrole nitrogens is 1. The molecule has 2 aromatic heterocycles. The van der Waals surface area contributed by atoms with E-state index in [9.17, 15) is 0 Å². The molecule has 0 atom stereocenters. The Labute approximate surface area is 143 Å². The highest BCUT2D eigenvalue weighted by atomic mass is 35.5. The number of para-hydroxylation sites is 1. The van der Waals surface area contributed by atoms with Crippen LogP contribution in [0.25, 0.3) is 22.3 Å². The van der Waals surface area contributed by atoms with Gasteiger partial charge < -0.3 is 5.32 Å². The summed E-state index contributed by atoms with van der Waals surface area (Å²) in [7, 11) is 0. The molecule has 0 aliphatic heterocycles. The summed E-state index contributed by atoms with van der Waals surface area (Å²) in [6.07, 6.45) is 0. The van der Waals surface area contributed by atoms with Crippen molar-refractivity contribution in [2.75, 3.05) is 5.32 Å². The third-order valence-corrected chi connectivity index (χ3v) is 4.00. The number of benzene rings is 2. The highest BCUT2D eigenvalue weighted by Crippen LogP contribution is 2.30. The first kappa shape index (κ1) is 14.7. The van der Waals surface area contributed by atoms with Crippen molar-refractivity contribution in [3.63, 3.8) is 0 Å². The summed E-state index contributed by atoms with van der Waals surface area (Å²) < 4.78 is 0. The molecule has 0 spiro atoms. The van der Waals surface area contributed by atoms with Gasteiger partial charge in [0, 0.05) is 22.7 Å². The summed E-state index contributed by atoms with van der Waals surface area (Å²) >= 11 is 6.31. The molecule has 0 radical (unpaired) electrons. The number of rotatable bonds is 3. The Kier molecular flexibility index (Phi) is 3.63. The van der Waals surface area contributed by atoms with E-state index in [1.165, 1.54) is 0 Å². The van der Waals surface area contributed by atoms with E-state index < -0.39 is 0 Å². The number of nitrogens with one attached hydrogen (secondary N) is 2. The fraction of sp³-hybridized carbons (Fsp3) is 0.0556. The minimum Gasteiger partial charge on any atom is -0.323 e. The van der Waals surface area contributed by atoms with Gasteiger partial charge in [-0.05, 0) is 31.2 Å². The number of anilines is 2. The largest absolute Gasteiger partial charge is 0.323 e. The first-order chi connectivity index (χ1) is 11.7. The Morgan fingerprint density at radius 3 is 2.58 bits per heavy atom. The molecule has 0 saturated heterocycles. The maximum absolute atomic E-state index is 6.31. The van der Waals surface area contributed by atoms with Gasteiger partial charge in [0.1, 0.15) is 5.82 Å². The van der Waals surface area contributed by atoms with Crippen molar-refractivity contribution in [3.8, 4) is 11.4 Å². The molecule has 24 heavy (non-hydrogen) atoms. The van der Waals surface area contributed by atoms with E-state index >= 15 is 0 Å². The van der Waals surface area contributed by atoms with Crippen LogP contribution in [-0.4, -0.2) is 20.2 Å². The van der Waals surface area contributed by atoms with Crippen molar-refractivity contribution >= 4 is 34.1 Å². The molecule has 0 bridgehead atoms. The lowest BCUT2D eigenvalue weighted by Gasteiger charge is -2.10. The minimum atomic E-state index is 0.578. The molecule has 0 aliphatic carbocycles. The van der Waals surface area contributed by atoms with Gasteiger partial charge in [0.25, 0.3) is 0 Å². The molecular weight excluding hydrogens is 322 g/mol. The van der Waals surface area contributed by atoms with Gasteiger partial charge in [0.2, 0.25) is 0 Å². The van der Waals surface area contributed by atoms with Crippen LogP contribution in [0.4, 0.5) is 11.6 Å². The van der Waals surface area contributed by atoms with Gasteiger partial charge in [-0.3, -0.25) is 5.10 Å². The molecule has 118 valence electrons. The van der Waals surface area contributed by atoms with Gasteiger partial charge in [-0.2, -0.15) is 5.10 Å². The zero-order chi connectivity index (χ0) is 16.5. The van der Waals surface area contributed by atoms with Crippen LogP contribution in [0, 0.1) is 6.92 Å². The minimum absolute atomic E-state index is 0.578. The van der Waals surface area contributed by atoms with Crippen LogP contribution < -0.4 is 5.32 Å². The molecular formula is C18H14ClN5. The summed E-state index contributed by atoms with van der Waals surface area (Å²) in [6.45, 7) is 1.95. The van der Waals surface area contributed by atoms with E-state index in [0.717, 1.165) is 22.2 Å². The second kappa shape index (κ2) is 5.94. The second-order valence-electron chi connectivity index (χ2n) is 5.45. The van der Waals surface area contributed by atoms with E-state index in [1.54, 1.807) is 0 Å². The van der Waals surface area contributed by atoms with Crippen LogP contribution in [0.2, 0.25) is 5.02 Å². The number of fused-ring (bicyclic) bond motifs is 1. The van der Waals surface area contributed by atoms with Crippen LogP contribution in [0.1, 0.15) is 5.69 Å². The standard InChI is InChI=1S/C18H14ClN5/c1-11-10-16(24-23-11)21-18-13-7-3-5-9-15(13)20-17(22-18)12-6-2-4-8-14(12)19/h2-10H,1H3,(H2,20,21,22,23,24). The number of halogens is 1. The van der Waals surface area contributed by atoms with Crippen molar-refractivity contribution in [2.24, 2.45) is 0 Å². The van der Waals surface area contributed by atoms with E-state index in [4.69, 9.17) is 11.6 Å². The van der Waals surface area contributed by atoms with Crippen LogP contribution in [0.15, 0.2) is 54.6 Å². The number of aryl methyl sites for hydroxylation is 1. The normalized spacial score (nSPS) is 10.9. The Morgan fingerprint density at radius 2 is 1.79 bits per heavy atom. The van der Waals surface area contributed by atoms with Crippen molar-refractivity contribution in [1.82, 2.24) is 20.2 Å². The van der Waals surface area contributed by atoms with Gasteiger partial charge in [-0.15, -0.1) is 0 Å². The lowest BCUT2D eigenvalue weighted by atomic mass is 10.2. The molecule has 2 N–H and O–H groups in total. The fourth-order valence-corrected chi connectivity index (χ4v) is 2.76. The predicted molar refractivity (Wildman–Crippen MR) is 96.6 cm³/mol. The summed E-state index contributed by atoms with van der Waals surface area (Å²) in [4.78, 5) is 9.33. The van der Waals surface area contributed by atoms with Crippen molar-refractivity contribution in [3.05, 3.63) is 65.3 Å². The molecule has 2 heterocycles. The van der Waals surface area contributed by atoms with E-state index in [2.05, 4.69) is 25.5 Å². The molecule has 4 rings (SSSR count). The van der Waals surface area contributed by atoms with Crippen LogP contribution in [0.3, 0.4) is 0 Å². The molecule has 5 nitrogen and oxygen atoms in total. The monoisotopic (exact) mass is 335 g/mol. The summed E-state index contributed by atoms with van der Waals surface area (Å²) in [5, 5.41) is 11.9.